The van der Waals surface area contributed by atoms with Crippen LogP contribution in [0.15, 0.2) is 0 Å². The molecule has 0 aliphatic carbocycles. The third-order valence-corrected chi connectivity index (χ3v) is 2.46. The van der Waals surface area contributed by atoms with Crippen molar-refractivity contribution in [3.05, 3.63) is 0 Å². The summed E-state index contributed by atoms with van der Waals surface area (Å²) in [6.45, 7) is 6.42. The van der Waals surface area contributed by atoms with Crippen molar-refractivity contribution in [2.45, 2.75) is 58.5 Å². The minimum Gasteiger partial charge on any atom is -0.339 e. The molecule has 0 heterocycles. The summed E-state index contributed by atoms with van der Waals surface area (Å²) in [5.41, 5.74) is 5.63. The van der Waals surface area contributed by atoms with Crippen molar-refractivity contribution in [1.29, 1.82) is 5.26 Å². The number of hydrogen-bond donors (Lipinski definition) is 1. The molecule has 0 bridgehead atoms. The number of hydrogen-bond acceptors (Lipinski definition) is 3. The van der Waals surface area contributed by atoms with Crippen LogP contribution < -0.4 is 5.73 Å². The van der Waals surface area contributed by atoms with Crippen LogP contribution in [0.3, 0.4) is 0 Å². The monoisotopic (exact) mass is 225 g/mol. The normalized spacial score (nSPS) is 12.2. The van der Waals surface area contributed by atoms with E-state index >= 15 is 0 Å². The third kappa shape index (κ3) is 6.41. The molecule has 0 aliphatic rings. The first-order chi connectivity index (χ1) is 7.49. The fourth-order valence-electron chi connectivity index (χ4n) is 1.56. The Morgan fingerprint density at radius 3 is 2.50 bits per heavy atom. The largest absolute Gasteiger partial charge is 0.339 e. The molecule has 1 unspecified atom stereocenters. The van der Waals surface area contributed by atoms with Crippen LogP contribution >= 0.6 is 0 Å². The summed E-state index contributed by atoms with van der Waals surface area (Å²) in [5.74, 6) is 0.130. The van der Waals surface area contributed by atoms with E-state index in [1.54, 1.807) is 4.90 Å². The molecule has 16 heavy (non-hydrogen) atoms. The van der Waals surface area contributed by atoms with Crippen LogP contribution in [0.1, 0.15) is 46.5 Å². The van der Waals surface area contributed by atoms with Crippen LogP contribution in [0.25, 0.3) is 0 Å². The molecular formula is C12H23N3O. The number of rotatable bonds is 7. The lowest BCUT2D eigenvalue weighted by atomic mass is 10.1. The average molecular weight is 225 g/mol. The highest BCUT2D eigenvalue weighted by molar-refractivity contribution is 5.76. The van der Waals surface area contributed by atoms with Crippen molar-refractivity contribution in [3.8, 4) is 6.07 Å². The van der Waals surface area contributed by atoms with Gasteiger partial charge in [-0.2, -0.15) is 5.26 Å². The molecule has 1 amide bonds. The van der Waals surface area contributed by atoms with E-state index in [4.69, 9.17) is 11.0 Å². The van der Waals surface area contributed by atoms with Gasteiger partial charge in [-0.15, -0.1) is 0 Å². The second-order valence-corrected chi connectivity index (χ2v) is 4.46. The van der Waals surface area contributed by atoms with E-state index in [0.717, 1.165) is 12.8 Å². The molecule has 0 radical (unpaired) electrons. The van der Waals surface area contributed by atoms with E-state index < -0.39 is 0 Å². The van der Waals surface area contributed by atoms with E-state index in [0.29, 0.717) is 19.4 Å². The molecule has 0 rings (SSSR count). The van der Waals surface area contributed by atoms with Crippen LogP contribution in [-0.4, -0.2) is 29.4 Å². The van der Waals surface area contributed by atoms with Crippen LogP contribution in [0.2, 0.25) is 0 Å². The molecule has 2 N–H and O–H groups in total. The van der Waals surface area contributed by atoms with Gasteiger partial charge in [0.1, 0.15) is 0 Å². The number of nitrogens with two attached hydrogens (primary N) is 1. The Labute approximate surface area is 98.4 Å². The van der Waals surface area contributed by atoms with Crippen molar-refractivity contribution in [2.24, 2.45) is 5.73 Å². The first kappa shape index (κ1) is 14.9. The van der Waals surface area contributed by atoms with Gasteiger partial charge in [-0.05, 0) is 33.6 Å². The van der Waals surface area contributed by atoms with Crippen molar-refractivity contribution in [1.82, 2.24) is 4.90 Å². The summed E-state index contributed by atoms with van der Waals surface area (Å²) in [5, 5.41) is 8.52. The first-order valence-corrected chi connectivity index (χ1v) is 5.91. The van der Waals surface area contributed by atoms with E-state index in [1.807, 2.05) is 20.8 Å². The second-order valence-electron chi connectivity index (χ2n) is 4.46. The number of nitriles is 1. The molecular weight excluding hydrogens is 202 g/mol. The van der Waals surface area contributed by atoms with Crippen molar-refractivity contribution < 1.29 is 4.79 Å². The van der Waals surface area contributed by atoms with Gasteiger partial charge in [0.25, 0.3) is 0 Å². The SMILES string of the molecule is CC(N)CCCC(=O)N(CCC#N)C(C)C. The molecule has 0 aromatic heterocycles. The Morgan fingerprint density at radius 1 is 1.44 bits per heavy atom. The number of carbonyl (C=O) groups is 1. The van der Waals surface area contributed by atoms with Gasteiger partial charge in [0.2, 0.25) is 5.91 Å². The van der Waals surface area contributed by atoms with Crippen LogP contribution in [0.4, 0.5) is 0 Å². The minimum atomic E-state index is 0.130. The van der Waals surface area contributed by atoms with Crippen LogP contribution in [0.5, 0.6) is 0 Å². The average Bonchev–Trinajstić information content (AvgIpc) is 2.17. The van der Waals surface area contributed by atoms with Gasteiger partial charge in [0.15, 0.2) is 0 Å². The Bertz CT molecular complexity index is 243. The molecule has 0 saturated carbocycles. The summed E-state index contributed by atoms with van der Waals surface area (Å²) < 4.78 is 0. The lowest BCUT2D eigenvalue weighted by Crippen LogP contribution is -2.37. The Hall–Kier alpha value is -1.08. The summed E-state index contributed by atoms with van der Waals surface area (Å²) in [4.78, 5) is 13.6. The number of amides is 1. The van der Waals surface area contributed by atoms with Gasteiger partial charge < -0.3 is 10.6 Å². The van der Waals surface area contributed by atoms with E-state index in [1.165, 1.54) is 0 Å². The minimum absolute atomic E-state index is 0.130. The van der Waals surface area contributed by atoms with Crippen molar-refractivity contribution in [3.63, 3.8) is 0 Å². The summed E-state index contributed by atoms with van der Waals surface area (Å²) in [7, 11) is 0. The smallest absolute Gasteiger partial charge is 0.222 e. The van der Waals surface area contributed by atoms with Crippen LogP contribution in [-0.2, 0) is 4.79 Å². The zero-order chi connectivity index (χ0) is 12.6. The van der Waals surface area contributed by atoms with Gasteiger partial charge in [0, 0.05) is 25.0 Å². The molecule has 4 heteroatoms. The summed E-state index contributed by atoms with van der Waals surface area (Å²) in [6.07, 6.45) is 2.63. The van der Waals surface area contributed by atoms with Gasteiger partial charge in [-0.25, -0.2) is 0 Å². The number of carbonyl (C=O) groups excluding carboxylic acids is 1. The molecule has 92 valence electrons. The van der Waals surface area contributed by atoms with E-state index in [2.05, 4.69) is 6.07 Å². The van der Waals surface area contributed by atoms with Crippen molar-refractivity contribution in [2.75, 3.05) is 6.54 Å². The molecule has 0 fully saturated rings. The number of nitrogens with zero attached hydrogens (tertiary/aromatic N) is 2. The Balaban J connectivity index is 4.03. The standard InChI is InChI=1S/C12H23N3O/c1-10(2)15(9-5-8-13)12(16)7-4-6-11(3)14/h10-11H,4-7,9,14H2,1-3H3. The Morgan fingerprint density at radius 2 is 2.06 bits per heavy atom. The summed E-state index contributed by atoms with van der Waals surface area (Å²) in [6, 6.07) is 2.38. The Kier molecular flexibility index (Phi) is 7.57. The maximum Gasteiger partial charge on any atom is 0.222 e. The zero-order valence-electron chi connectivity index (χ0n) is 10.6. The maximum atomic E-state index is 11.8. The highest BCUT2D eigenvalue weighted by Gasteiger charge is 2.15. The fraction of sp³-hybridized carbons (Fsp3) is 0.833. The third-order valence-electron chi connectivity index (χ3n) is 2.46. The molecule has 4 nitrogen and oxygen atoms in total. The molecule has 0 aliphatic heterocycles. The fourth-order valence-corrected chi connectivity index (χ4v) is 1.56. The second kappa shape index (κ2) is 8.12. The molecule has 0 saturated heterocycles. The lowest BCUT2D eigenvalue weighted by Gasteiger charge is -2.26. The van der Waals surface area contributed by atoms with Crippen molar-refractivity contribution >= 4 is 5.91 Å². The lowest BCUT2D eigenvalue weighted by molar-refractivity contribution is -0.132. The predicted molar refractivity (Wildman–Crippen MR) is 64.6 cm³/mol. The summed E-state index contributed by atoms with van der Waals surface area (Å²) >= 11 is 0. The first-order valence-electron chi connectivity index (χ1n) is 5.91. The molecule has 1 atom stereocenters. The highest BCUT2D eigenvalue weighted by atomic mass is 16.2. The van der Waals surface area contributed by atoms with Crippen LogP contribution in [0, 0.1) is 11.3 Å². The molecule has 0 aromatic rings. The maximum absolute atomic E-state index is 11.8. The van der Waals surface area contributed by atoms with Gasteiger partial charge in [0.05, 0.1) is 12.5 Å². The van der Waals surface area contributed by atoms with Gasteiger partial charge in [-0.3, -0.25) is 4.79 Å². The molecule has 0 aromatic carbocycles. The quantitative estimate of drug-likeness (QED) is 0.716. The van der Waals surface area contributed by atoms with Gasteiger partial charge >= 0.3 is 0 Å². The molecule has 0 spiro atoms. The highest BCUT2D eigenvalue weighted by Crippen LogP contribution is 2.07. The van der Waals surface area contributed by atoms with Gasteiger partial charge in [-0.1, -0.05) is 0 Å². The predicted octanol–water partition coefficient (Wildman–Crippen LogP) is 1.65. The topological polar surface area (TPSA) is 70.1 Å². The zero-order valence-corrected chi connectivity index (χ0v) is 10.6. The van der Waals surface area contributed by atoms with E-state index in [9.17, 15) is 4.79 Å². The van der Waals surface area contributed by atoms with E-state index in [-0.39, 0.29) is 18.0 Å².